The van der Waals surface area contributed by atoms with Gasteiger partial charge in [0.2, 0.25) is 0 Å². The Bertz CT molecular complexity index is 50.6. The van der Waals surface area contributed by atoms with E-state index in [1.54, 1.807) is 6.34 Å². The van der Waals surface area contributed by atoms with Gasteiger partial charge in [-0.3, -0.25) is 4.99 Å². The summed E-state index contributed by atoms with van der Waals surface area (Å²) in [6, 6.07) is 0. The highest BCUT2D eigenvalue weighted by atomic mass is 15.0. The Kier molecular flexibility index (Phi) is 1.10. The average molecular weight is 82.1 g/mol. The summed E-state index contributed by atoms with van der Waals surface area (Å²) in [7, 11) is 0. The predicted octanol–water partition coefficient (Wildman–Crippen LogP) is 0.0468. The van der Waals surface area contributed by atoms with Crippen molar-refractivity contribution in [3.05, 3.63) is 6.54 Å². The molecule has 6 heavy (non-hydrogen) atoms. The van der Waals surface area contributed by atoms with Gasteiger partial charge in [-0.2, -0.15) is 0 Å². The predicted molar refractivity (Wildman–Crippen MR) is 24.4 cm³/mol. The Hall–Kier alpha value is -0.530. The third-order valence-corrected chi connectivity index (χ3v) is 0.628. The summed E-state index contributed by atoms with van der Waals surface area (Å²) in [6.07, 6.45) is 2.60. The van der Waals surface area contributed by atoms with Gasteiger partial charge in [-0.05, 0) is 6.42 Å². The van der Waals surface area contributed by atoms with Crippen LogP contribution in [0.5, 0.6) is 0 Å². The number of hydrogen-bond donors (Lipinski definition) is 1. The van der Waals surface area contributed by atoms with E-state index < -0.39 is 0 Å². The second kappa shape index (κ2) is 1.80. The van der Waals surface area contributed by atoms with Crippen LogP contribution in [0.1, 0.15) is 6.42 Å². The largest absolute Gasteiger partial charge is 0.376 e. The Balaban J connectivity index is 2.26. The van der Waals surface area contributed by atoms with Gasteiger partial charge in [0.05, 0.1) is 6.34 Å². The molecular weight excluding hydrogens is 76.1 g/mol. The van der Waals surface area contributed by atoms with Crippen LogP contribution < -0.4 is 5.32 Å². The molecule has 0 aromatic carbocycles. The van der Waals surface area contributed by atoms with Crippen LogP contribution in [-0.4, -0.2) is 12.9 Å². The van der Waals surface area contributed by atoms with Gasteiger partial charge in [0.15, 0.2) is 0 Å². The molecule has 0 saturated heterocycles. The lowest BCUT2D eigenvalue weighted by Gasteiger charge is -2.00. The molecule has 0 aromatic heterocycles. The number of rotatable bonds is 0. The third kappa shape index (κ3) is 0.708. The van der Waals surface area contributed by atoms with E-state index in [1.165, 1.54) is 0 Å². The number of nitrogens with one attached hydrogen (secondary N) is 1. The molecule has 1 N–H and O–H groups in total. The molecule has 2 nitrogen and oxygen atoms in total. The van der Waals surface area contributed by atoms with E-state index in [0.717, 1.165) is 13.0 Å². The number of aliphatic imine (C=N–C) groups is 1. The lowest BCUT2D eigenvalue weighted by Crippen LogP contribution is -2.15. The second-order valence-electron chi connectivity index (χ2n) is 1.12. The molecule has 1 aliphatic heterocycles. The topological polar surface area (TPSA) is 24.4 Å². The third-order valence-electron chi connectivity index (χ3n) is 0.628. The molecule has 1 aliphatic rings. The average Bonchev–Trinajstić information content (AvgIpc) is 1.72. The quantitative estimate of drug-likeness (QED) is 0.438. The lowest BCUT2D eigenvalue weighted by molar-refractivity contribution is 0.821. The SMILES string of the molecule is [C]1CCNC=N1. The summed E-state index contributed by atoms with van der Waals surface area (Å²) in [4.78, 5) is 3.69. The van der Waals surface area contributed by atoms with E-state index >= 15 is 0 Å². The van der Waals surface area contributed by atoms with Crippen molar-refractivity contribution in [3.8, 4) is 0 Å². The normalized spacial score (nSPS) is 20.0. The molecule has 0 aromatic rings. The summed E-state index contributed by atoms with van der Waals surface area (Å²) in [5.41, 5.74) is 0. The first-order valence-electron chi connectivity index (χ1n) is 1.98. The molecular formula is C4H6N2. The number of hydrogen-bond acceptors (Lipinski definition) is 2. The van der Waals surface area contributed by atoms with Gasteiger partial charge in [0.1, 0.15) is 6.54 Å². The van der Waals surface area contributed by atoms with Crippen LogP contribution in [-0.2, 0) is 0 Å². The van der Waals surface area contributed by atoms with Crippen molar-refractivity contribution < 1.29 is 0 Å². The maximum atomic E-state index is 3.69. The van der Waals surface area contributed by atoms with E-state index in [4.69, 9.17) is 0 Å². The van der Waals surface area contributed by atoms with Gasteiger partial charge in [-0.1, -0.05) is 0 Å². The lowest BCUT2D eigenvalue weighted by atomic mass is 10.4. The highest BCUT2D eigenvalue weighted by molar-refractivity contribution is 5.55. The molecule has 0 atom stereocenters. The van der Waals surface area contributed by atoms with E-state index in [9.17, 15) is 0 Å². The second-order valence-corrected chi connectivity index (χ2v) is 1.12. The van der Waals surface area contributed by atoms with Gasteiger partial charge < -0.3 is 5.32 Å². The fraction of sp³-hybridized carbons (Fsp3) is 0.500. The maximum absolute atomic E-state index is 3.69. The molecule has 2 heteroatoms. The first kappa shape index (κ1) is 3.65. The van der Waals surface area contributed by atoms with Crippen LogP contribution >= 0.6 is 0 Å². The molecule has 32 valence electrons. The van der Waals surface area contributed by atoms with Crippen LogP contribution in [0.4, 0.5) is 0 Å². The molecule has 0 spiro atoms. The highest BCUT2D eigenvalue weighted by Crippen LogP contribution is 1.87. The van der Waals surface area contributed by atoms with Gasteiger partial charge in [0, 0.05) is 6.54 Å². The minimum atomic E-state index is 0.941. The van der Waals surface area contributed by atoms with Crippen molar-refractivity contribution in [2.24, 2.45) is 4.99 Å². The smallest absolute Gasteiger partial charge is 0.119 e. The molecule has 1 heterocycles. The first-order chi connectivity index (χ1) is 3.00. The van der Waals surface area contributed by atoms with Crippen molar-refractivity contribution in [1.29, 1.82) is 0 Å². The minimum Gasteiger partial charge on any atom is -0.376 e. The molecule has 0 amide bonds. The van der Waals surface area contributed by atoms with Crippen molar-refractivity contribution >= 4 is 6.34 Å². The van der Waals surface area contributed by atoms with Crippen LogP contribution in [0.15, 0.2) is 4.99 Å². The van der Waals surface area contributed by atoms with Crippen LogP contribution in [0.3, 0.4) is 0 Å². The Morgan fingerprint density at radius 3 is 3.00 bits per heavy atom. The maximum Gasteiger partial charge on any atom is 0.119 e. The Morgan fingerprint density at radius 2 is 2.83 bits per heavy atom. The van der Waals surface area contributed by atoms with E-state index in [-0.39, 0.29) is 0 Å². The summed E-state index contributed by atoms with van der Waals surface area (Å²) in [5, 5.41) is 2.93. The molecule has 0 saturated carbocycles. The molecule has 0 fully saturated rings. The summed E-state index contributed by atoms with van der Waals surface area (Å²) >= 11 is 0. The molecule has 1 rings (SSSR count). The van der Waals surface area contributed by atoms with Crippen molar-refractivity contribution in [3.63, 3.8) is 0 Å². The Morgan fingerprint density at radius 1 is 1.83 bits per heavy atom. The summed E-state index contributed by atoms with van der Waals surface area (Å²) in [5.74, 6) is 0. The van der Waals surface area contributed by atoms with Crippen LogP contribution in [0, 0.1) is 6.54 Å². The van der Waals surface area contributed by atoms with Gasteiger partial charge in [0.25, 0.3) is 0 Å². The standard InChI is InChI=1S/C4H6N2/c1-2-5-4-6-3-1/h4-5H,1-2H2. The van der Waals surface area contributed by atoms with E-state index in [1.807, 2.05) is 0 Å². The van der Waals surface area contributed by atoms with Gasteiger partial charge >= 0.3 is 0 Å². The van der Waals surface area contributed by atoms with Crippen molar-refractivity contribution in [2.75, 3.05) is 6.54 Å². The fourth-order valence-corrected chi connectivity index (χ4v) is 0.348. The summed E-state index contributed by atoms with van der Waals surface area (Å²) < 4.78 is 0. The molecule has 0 unspecified atom stereocenters. The van der Waals surface area contributed by atoms with E-state index in [0.29, 0.717) is 0 Å². The molecule has 0 bridgehead atoms. The van der Waals surface area contributed by atoms with Crippen LogP contribution in [0.2, 0.25) is 0 Å². The fourth-order valence-electron chi connectivity index (χ4n) is 0.348. The molecule has 2 radical (unpaired) electrons. The van der Waals surface area contributed by atoms with Gasteiger partial charge in [-0.15, -0.1) is 0 Å². The van der Waals surface area contributed by atoms with Crippen LogP contribution in [0.25, 0.3) is 0 Å². The number of nitrogens with zero attached hydrogens (tertiary/aromatic N) is 1. The highest BCUT2D eigenvalue weighted by Gasteiger charge is 1.87. The zero-order valence-electron chi connectivity index (χ0n) is 3.44. The monoisotopic (exact) mass is 82.1 g/mol. The first-order valence-corrected chi connectivity index (χ1v) is 1.98. The van der Waals surface area contributed by atoms with E-state index in [2.05, 4.69) is 16.9 Å². The van der Waals surface area contributed by atoms with Gasteiger partial charge in [-0.25, -0.2) is 0 Å². The zero-order valence-corrected chi connectivity index (χ0v) is 3.44. The zero-order chi connectivity index (χ0) is 4.24. The van der Waals surface area contributed by atoms with Crippen molar-refractivity contribution in [1.82, 2.24) is 5.32 Å². The minimum absolute atomic E-state index is 0.941. The van der Waals surface area contributed by atoms with Crippen molar-refractivity contribution in [2.45, 2.75) is 6.42 Å². The Labute approximate surface area is 37.3 Å². The summed E-state index contributed by atoms with van der Waals surface area (Å²) in [6.45, 7) is 3.78. The molecule has 0 aliphatic carbocycles.